The van der Waals surface area contributed by atoms with Gasteiger partial charge in [0.25, 0.3) is 0 Å². The summed E-state index contributed by atoms with van der Waals surface area (Å²) in [7, 11) is 12.1. The van der Waals surface area contributed by atoms with Crippen LogP contribution in [0.4, 0.5) is 0 Å². The number of rotatable bonds is 19. The summed E-state index contributed by atoms with van der Waals surface area (Å²) in [5.74, 6) is 4.86. The molecule has 0 fully saturated rings. The fourth-order valence-corrected chi connectivity index (χ4v) is 10.4. The van der Waals surface area contributed by atoms with Gasteiger partial charge in [0, 0.05) is 0 Å². The molecular formula is C37H44O6Si3. The molecular weight excluding hydrogens is 625 g/mol. The fraction of sp³-hybridized carbons (Fsp3) is 0.351. The molecule has 0 atom stereocenters. The van der Waals surface area contributed by atoms with Crippen molar-refractivity contribution in [1.29, 1.82) is 0 Å². The first-order valence-corrected chi connectivity index (χ1v) is 19.1. The molecule has 0 saturated heterocycles. The van der Waals surface area contributed by atoms with Gasteiger partial charge >= 0.3 is 0 Å². The Bertz CT molecular complexity index is 1370. The lowest BCUT2D eigenvalue weighted by atomic mass is 9.73. The summed E-state index contributed by atoms with van der Waals surface area (Å²) >= 11 is 0. The number of hydrogen-bond donors (Lipinski definition) is 0. The number of para-hydroxylation sites is 3. The second kappa shape index (κ2) is 17.9. The van der Waals surface area contributed by atoms with Crippen molar-refractivity contribution in [2.75, 3.05) is 42.7 Å². The number of methoxy groups -OCH3 is 6. The fourth-order valence-electron chi connectivity index (χ4n) is 5.99. The van der Waals surface area contributed by atoms with Crippen molar-refractivity contribution in [2.24, 2.45) is 0 Å². The van der Waals surface area contributed by atoms with Gasteiger partial charge in [-0.2, -0.15) is 0 Å². The lowest BCUT2D eigenvalue weighted by Gasteiger charge is -2.35. The molecule has 0 aliphatic carbocycles. The first kappa shape index (κ1) is 35.2. The molecule has 4 rings (SSSR count). The third-order valence-electron chi connectivity index (χ3n) is 8.35. The number of hydrogen-bond acceptors (Lipinski definition) is 6. The molecule has 6 nitrogen and oxygen atoms in total. The minimum absolute atomic E-state index is 0.00142. The minimum Gasteiger partial charge on any atom is -0.493 e. The summed E-state index contributed by atoms with van der Waals surface area (Å²) in [6.45, 7) is 0. The molecule has 4 aromatic carbocycles. The van der Waals surface area contributed by atoms with Crippen LogP contribution in [0.25, 0.3) is 0 Å². The van der Waals surface area contributed by atoms with Gasteiger partial charge in [0.15, 0.2) is 34.5 Å². The molecule has 0 amide bonds. The van der Waals surface area contributed by atoms with Gasteiger partial charge in [0.1, 0.15) is 0 Å². The normalized spacial score (nSPS) is 11.2. The summed E-state index contributed by atoms with van der Waals surface area (Å²) in [5.41, 5.74) is 1.40. The van der Waals surface area contributed by atoms with Crippen molar-refractivity contribution in [1.82, 2.24) is 0 Å². The van der Waals surface area contributed by atoms with E-state index in [2.05, 4.69) is 66.7 Å². The highest BCUT2D eigenvalue weighted by atomic mass is 28.2. The molecule has 0 saturated carbocycles. The molecule has 4 aromatic rings. The highest BCUT2D eigenvalue weighted by molar-refractivity contribution is 6.55. The van der Waals surface area contributed by atoms with Crippen molar-refractivity contribution in [3.05, 3.63) is 90.5 Å². The topological polar surface area (TPSA) is 55.4 Å². The largest absolute Gasteiger partial charge is 0.493 e. The van der Waals surface area contributed by atoms with Crippen LogP contribution in [0.3, 0.4) is 0 Å². The molecule has 9 heteroatoms. The lowest BCUT2D eigenvalue weighted by molar-refractivity contribution is 0.357. The molecule has 0 aromatic heterocycles. The van der Waals surface area contributed by atoms with Gasteiger partial charge in [-0.05, 0) is 64.0 Å². The molecule has 0 bridgehead atoms. The smallest absolute Gasteiger partial charge is 0.160 e. The highest BCUT2D eigenvalue weighted by Crippen LogP contribution is 2.40. The van der Waals surface area contributed by atoms with Crippen LogP contribution in [-0.4, -0.2) is 71.2 Å². The third kappa shape index (κ3) is 8.57. The second-order valence-electron chi connectivity index (χ2n) is 10.8. The van der Waals surface area contributed by atoms with E-state index in [1.807, 2.05) is 18.2 Å². The zero-order valence-corrected chi connectivity index (χ0v) is 30.8. The van der Waals surface area contributed by atoms with E-state index in [0.29, 0.717) is 28.6 Å². The summed E-state index contributed by atoms with van der Waals surface area (Å²) in [5, 5.41) is 3.61. The van der Waals surface area contributed by atoms with E-state index in [9.17, 15) is 0 Å². The van der Waals surface area contributed by atoms with Crippen LogP contribution in [0.15, 0.2) is 84.9 Å². The summed E-state index contributed by atoms with van der Waals surface area (Å²) in [6.07, 6.45) is 3.19. The van der Waals surface area contributed by atoms with Crippen LogP contribution in [0.2, 0.25) is 18.1 Å². The standard InChI is InChI=1S/C37H44O6Si3/c1-38-28-15-10-18-31(34(28)41-4)44-24-21-37(27-13-8-7-9-14-27,22-25-45-32-19-11-16-29(39-2)35(32)42-5)23-26-46-33-20-12-17-30(40-3)36(33)43-6/h7-20H,21-26H2,1-6H3. The predicted octanol–water partition coefficient (Wildman–Crippen LogP) is 5.49. The zero-order chi connectivity index (χ0) is 32.8. The Hall–Kier alpha value is -3.67. The van der Waals surface area contributed by atoms with Gasteiger partial charge in [0.05, 0.1) is 71.2 Å². The maximum absolute atomic E-state index is 5.78. The van der Waals surface area contributed by atoms with Crippen molar-refractivity contribution >= 4 is 44.1 Å². The van der Waals surface area contributed by atoms with E-state index < -0.39 is 0 Å². The maximum Gasteiger partial charge on any atom is 0.160 e. The van der Waals surface area contributed by atoms with Crippen molar-refractivity contribution in [3.63, 3.8) is 0 Å². The molecule has 240 valence electrons. The van der Waals surface area contributed by atoms with Gasteiger partial charge in [-0.1, -0.05) is 84.9 Å². The van der Waals surface area contributed by atoms with E-state index in [1.54, 1.807) is 42.7 Å². The lowest BCUT2D eigenvalue weighted by Crippen LogP contribution is -2.31. The van der Waals surface area contributed by atoms with E-state index >= 15 is 0 Å². The Morgan fingerprint density at radius 2 is 0.761 bits per heavy atom. The van der Waals surface area contributed by atoms with Crippen LogP contribution in [-0.2, 0) is 5.41 Å². The molecule has 0 spiro atoms. The van der Waals surface area contributed by atoms with Crippen LogP contribution >= 0.6 is 0 Å². The minimum atomic E-state index is -0.00142. The Balaban J connectivity index is 1.62. The quantitative estimate of drug-likeness (QED) is 0.123. The Morgan fingerprint density at radius 3 is 1.07 bits per heavy atom. The Morgan fingerprint density at radius 1 is 0.413 bits per heavy atom. The van der Waals surface area contributed by atoms with Crippen LogP contribution < -0.4 is 44.0 Å². The van der Waals surface area contributed by atoms with Crippen molar-refractivity contribution < 1.29 is 28.4 Å². The molecule has 0 aliphatic rings. The third-order valence-corrected chi connectivity index (χ3v) is 12.2. The van der Waals surface area contributed by atoms with Crippen LogP contribution in [0.5, 0.6) is 34.5 Å². The highest BCUT2D eigenvalue weighted by Gasteiger charge is 2.32. The van der Waals surface area contributed by atoms with E-state index in [-0.39, 0.29) is 5.41 Å². The van der Waals surface area contributed by atoms with Crippen LogP contribution in [0.1, 0.15) is 24.8 Å². The first-order chi connectivity index (χ1) is 22.5. The second-order valence-corrected chi connectivity index (χ2v) is 15.0. The van der Waals surface area contributed by atoms with Gasteiger partial charge in [-0.3, -0.25) is 0 Å². The average Bonchev–Trinajstić information content (AvgIpc) is 3.11. The van der Waals surface area contributed by atoms with Gasteiger partial charge in [0.2, 0.25) is 0 Å². The van der Waals surface area contributed by atoms with Gasteiger partial charge in [-0.15, -0.1) is 0 Å². The SMILES string of the molecule is COc1cccc([Si]CCC(CC[Si]c2cccc(OC)c2OC)(CC[Si]c2cccc(OC)c2OC)c2ccccc2)c1OC. The molecule has 0 aliphatic heterocycles. The Labute approximate surface area is 282 Å². The van der Waals surface area contributed by atoms with Crippen LogP contribution in [0, 0.1) is 0 Å². The van der Waals surface area contributed by atoms with Gasteiger partial charge < -0.3 is 28.4 Å². The Kier molecular flexibility index (Phi) is 13.7. The van der Waals surface area contributed by atoms with E-state index in [4.69, 9.17) is 28.4 Å². The predicted molar refractivity (Wildman–Crippen MR) is 191 cm³/mol. The maximum atomic E-state index is 5.78. The molecule has 0 N–H and O–H groups in total. The molecule has 6 radical (unpaired) electrons. The first-order valence-electron chi connectivity index (χ1n) is 15.4. The van der Waals surface area contributed by atoms with E-state index in [1.165, 1.54) is 21.1 Å². The molecule has 0 unspecified atom stereocenters. The summed E-state index contributed by atoms with van der Waals surface area (Å²) in [4.78, 5) is 0. The van der Waals surface area contributed by atoms with E-state index in [0.717, 1.165) is 71.9 Å². The van der Waals surface area contributed by atoms with Gasteiger partial charge in [-0.25, -0.2) is 0 Å². The number of ether oxygens (including phenoxy) is 6. The number of benzene rings is 4. The van der Waals surface area contributed by atoms with Crippen molar-refractivity contribution in [2.45, 2.75) is 42.8 Å². The zero-order valence-electron chi connectivity index (χ0n) is 27.8. The summed E-state index contributed by atoms with van der Waals surface area (Å²) in [6, 6.07) is 32.8. The molecule has 46 heavy (non-hydrogen) atoms. The monoisotopic (exact) mass is 668 g/mol. The molecule has 0 heterocycles. The summed E-state index contributed by atoms with van der Waals surface area (Å²) < 4.78 is 34.1. The average molecular weight is 669 g/mol. The van der Waals surface area contributed by atoms with Crippen molar-refractivity contribution in [3.8, 4) is 34.5 Å².